The molecule has 1 fully saturated rings. The van der Waals surface area contributed by atoms with Crippen LogP contribution in [0.25, 0.3) is 17.2 Å². The van der Waals surface area contributed by atoms with Crippen LogP contribution < -0.4 is 10.6 Å². The molecule has 0 bridgehead atoms. The van der Waals surface area contributed by atoms with Crippen LogP contribution in [0.15, 0.2) is 42.0 Å². The van der Waals surface area contributed by atoms with Crippen molar-refractivity contribution in [2.45, 2.75) is 32.2 Å². The number of alkyl halides is 3. The maximum atomic E-state index is 13.4. The van der Waals surface area contributed by atoms with Crippen molar-refractivity contribution in [2.75, 3.05) is 18.0 Å². The van der Waals surface area contributed by atoms with E-state index in [-0.39, 0.29) is 17.6 Å². The number of nitrogens with zero attached hydrogens (tertiary/aromatic N) is 5. The maximum absolute atomic E-state index is 13.4. The van der Waals surface area contributed by atoms with Crippen LogP contribution in [-0.4, -0.2) is 50.9 Å². The van der Waals surface area contributed by atoms with E-state index in [0.717, 1.165) is 12.3 Å². The molecule has 0 aromatic carbocycles. The van der Waals surface area contributed by atoms with Crippen LogP contribution in [0.5, 0.6) is 0 Å². The smallest absolute Gasteiger partial charge is 0.402 e. The first kappa shape index (κ1) is 23.0. The normalized spacial score (nSPS) is 20.1. The number of imidazole rings is 1. The SMILES string of the molecule is C/C(N)=C(/C=N)C1CN(c2ccnc(-c3cnc4cc(Cl)c(C(F)(F)F)cn34)n2)CC(C)O1. The van der Waals surface area contributed by atoms with Gasteiger partial charge in [0, 0.05) is 42.5 Å². The summed E-state index contributed by atoms with van der Waals surface area (Å²) in [6, 6.07) is 2.87. The van der Waals surface area contributed by atoms with Gasteiger partial charge in [0.2, 0.25) is 0 Å². The molecule has 3 aromatic heterocycles. The van der Waals surface area contributed by atoms with Crippen LogP contribution in [0, 0.1) is 5.41 Å². The van der Waals surface area contributed by atoms with E-state index in [1.165, 1.54) is 23.0 Å². The number of halogens is 4. The summed E-state index contributed by atoms with van der Waals surface area (Å²) in [5.74, 6) is 0.781. The Balaban J connectivity index is 1.72. The van der Waals surface area contributed by atoms with E-state index in [0.29, 0.717) is 35.9 Å². The standard InChI is InChI=1S/C21H21ClF3N7O/c1-11-8-31(10-17(33-11)13(6-26)12(2)27)18-3-4-28-20(30-18)16-7-29-19-5-15(22)14(9-32(16)19)21(23,24)25/h3-7,9,11,17,26H,8,10,27H2,1-2H3/b13-12+,26-6?. The number of nitrogens with two attached hydrogens (primary N) is 1. The number of anilines is 1. The zero-order chi connectivity index (χ0) is 23.9. The molecule has 0 spiro atoms. The van der Waals surface area contributed by atoms with Gasteiger partial charge >= 0.3 is 6.18 Å². The van der Waals surface area contributed by atoms with E-state index in [1.54, 1.807) is 13.0 Å². The second-order valence-corrected chi connectivity index (χ2v) is 8.17. The topological polar surface area (TPSA) is 105 Å². The highest BCUT2D eigenvalue weighted by Gasteiger charge is 2.34. The molecule has 2 unspecified atom stereocenters. The molecule has 0 amide bonds. The van der Waals surface area contributed by atoms with Gasteiger partial charge in [0.1, 0.15) is 23.3 Å². The van der Waals surface area contributed by atoms with Crippen LogP contribution in [0.3, 0.4) is 0 Å². The van der Waals surface area contributed by atoms with Crippen molar-refractivity contribution < 1.29 is 17.9 Å². The lowest BCUT2D eigenvalue weighted by Gasteiger charge is -2.38. The van der Waals surface area contributed by atoms with Gasteiger partial charge in [-0.1, -0.05) is 11.6 Å². The first-order chi connectivity index (χ1) is 15.6. The summed E-state index contributed by atoms with van der Waals surface area (Å²) in [7, 11) is 0. The highest BCUT2D eigenvalue weighted by molar-refractivity contribution is 6.31. The molecule has 3 N–H and O–H groups in total. The number of aromatic nitrogens is 4. The molecule has 2 atom stereocenters. The predicted molar refractivity (Wildman–Crippen MR) is 118 cm³/mol. The Kier molecular flexibility index (Phi) is 6.02. The third-order valence-corrected chi connectivity index (χ3v) is 5.63. The molecule has 174 valence electrons. The number of hydrogen-bond acceptors (Lipinski definition) is 7. The van der Waals surface area contributed by atoms with E-state index in [9.17, 15) is 13.2 Å². The van der Waals surface area contributed by atoms with Gasteiger partial charge in [-0.15, -0.1) is 0 Å². The van der Waals surface area contributed by atoms with Crippen LogP contribution in [0.1, 0.15) is 19.4 Å². The van der Waals surface area contributed by atoms with Crippen LogP contribution in [-0.2, 0) is 10.9 Å². The first-order valence-corrected chi connectivity index (χ1v) is 10.4. The summed E-state index contributed by atoms with van der Waals surface area (Å²) >= 11 is 5.81. The second kappa shape index (κ2) is 8.64. The Labute approximate surface area is 192 Å². The predicted octanol–water partition coefficient (Wildman–Crippen LogP) is 3.94. The fraction of sp³-hybridized carbons (Fsp3) is 0.333. The number of fused-ring (bicyclic) bond motifs is 1. The van der Waals surface area contributed by atoms with E-state index < -0.39 is 22.9 Å². The number of hydrogen-bond donors (Lipinski definition) is 2. The highest BCUT2D eigenvalue weighted by atomic mass is 35.5. The molecule has 0 radical (unpaired) electrons. The van der Waals surface area contributed by atoms with Gasteiger partial charge in [0.25, 0.3) is 0 Å². The minimum absolute atomic E-state index is 0.163. The summed E-state index contributed by atoms with van der Waals surface area (Å²) < 4.78 is 47.3. The molecule has 0 saturated carbocycles. The average molecular weight is 480 g/mol. The number of ether oxygens (including phenoxy) is 1. The third kappa shape index (κ3) is 4.51. The van der Waals surface area contributed by atoms with Crippen LogP contribution >= 0.6 is 11.6 Å². The molecular formula is C21H21ClF3N7O. The maximum Gasteiger partial charge on any atom is 0.419 e. The quantitative estimate of drug-likeness (QED) is 0.549. The zero-order valence-corrected chi connectivity index (χ0v) is 18.5. The molecule has 1 saturated heterocycles. The summed E-state index contributed by atoms with van der Waals surface area (Å²) in [6.45, 7) is 4.55. The largest absolute Gasteiger partial charge is 0.419 e. The molecular weight excluding hydrogens is 459 g/mol. The molecule has 4 heterocycles. The van der Waals surface area contributed by atoms with E-state index >= 15 is 0 Å². The van der Waals surface area contributed by atoms with Gasteiger partial charge in [0.15, 0.2) is 5.82 Å². The Morgan fingerprint density at radius 3 is 2.76 bits per heavy atom. The number of nitrogens with one attached hydrogen (secondary N) is 1. The fourth-order valence-corrected chi connectivity index (χ4v) is 4.05. The number of rotatable bonds is 4. The Hall–Kier alpha value is -3.18. The lowest BCUT2D eigenvalue weighted by molar-refractivity contribution is -0.137. The lowest BCUT2D eigenvalue weighted by atomic mass is 10.1. The number of allylic oxidation sites excluding steroid dienone is 1. The van der Waals surface area contributed by atoms with E-state index in [1.807, 2.05) is 11.8 Å². The van der Waals surface area contributed by atoms with Gasteiger partial charge in [-0.2, -0.15) is 13.2 Å². The van der Waals surface area contributed by atoms with Gasteiger partial charge in [0.05, 0.1) is 29.4 Å². The Bertz CT molecular complexity index is 1240. The molecule has 33 heavy (non-hydrogen) atoms. The Morgan fingerprint density at radius 2 is 2.09 bits per heavy atom. The van der Waals surface area contributed by atoms with Crippen molar-refractivity contribution in [3.8, 4) is 11.5 Å². The van der Waals surface area contributed by atoms with E-state index in [4.69, 9.17) is 27.5 Å². The summed E-state index contributed by atoms with van der Waals surface area (Å²) in [5.41, 5.74) is 6.56. The van der Waals surface area contributed by atoms with Gasteiger partial charge in [-0.3, -0.25) is 4.40 Å². The molecule has 0 aliphatic carbocycles. The van der Waals surface area contributed by atoms with Crippen molar-refractivity contribution in [2.24, 2.45) is 5.73 Å². The summed E-state index contributed by atoms with van der Waals surface area (Å²) in [5, 5.41) is 7.23. The monoisotopic (exact) mass is 479 g/mol. The molecule has 3 aromatic rings. The molecule has 12 heteroatoms. The Morgan fingerprint density at radius 1 is 1.33 bits per heavy atom. The van der Waals surface area contributed by atoms with Crippen LogP contribution in [0.4, 0.5) is 19.0 Å². The highest BCUT2D eigenvalue weighted by Crippen LogP contribution is 2.36. The minimum atomic E-state index is -4.62. The van der Waals surface area contributed by atoms with E-state index in [2.05, 4.69) is 15.0 Å². The summed E-state index contributed by atoms with van der Waals surface area (Å²) in [6.07, 6.45) is -0.170. The van der Waals surface area contributed by atoms with Crippen LogP contribution in [0.2, 0.25) is 5.02 Å². The average Bonchev–Trinajstić information content (AvgIpc) is 3.15. The van der Waals surface area contributed by atoms with Crippen molar-refractivity contribution in [1.29, 1.82) is 5.41 Å². The van der Waals surface area contributed by atoms with Gasteiger partial charge in [-0.25, -0.2) is 15.0 Å². The number of pyridine rings is 1. The van der Waals surface area contributed by atoms with Gasteiger partial charge in [-0.05, 0) is 19.9 Å². The molecule has 1 aliphatic rings. The minimum Gasteiger partial charge on any atom is -0.402 e. The fourth-order valence-electron chi connectivity index (χ4n) is 3.79. The first-order valence-electron chi connectivity index (χ1n) is 10.0. The summed E-state index contributed by atoms with van der Waals surface area (Å²) in [4.78, 5) is 15.0. The zero-order valence-electron chi connectivity index (χ0n) is 17.8. The lowest BCUT2D eigenvalue weighted by Crippen LogP contribution is -2.48. The third-order valence-electron chi connectivity index (χ3n) is 5.31. The molecule has 4 rings (SSSR count). The second-order valence-electron chi connectivity index (χ2n) is 7.77. The van der Waals surface area contributed by atoms with Crippen molar-refractivity contribution in [3.63, 3.8) is 0 Å². The molecule has 1 aliphatic heterocycles. The van der Waals surface area contributed by atoms with Crippen molar-refractivity contribution >= 4 is 29.3 Å². The van der Waals surface area contributed by atoms with Crippen molar-refractivity contribution in [1.82, 2.24) is 19.4 Å². The molecule has 8 nitrogen and oxygen atoms in total. The van der Waals surface area contributed by atoms with Crippen molar-refractivity contribution in [3.05, 3.63) is 52.6 Å². The number of morpholine rings is 1. The van der Waals surface area contributed by atoms with Gasteiger partial charge < -0.3 is 20.8 Å².